The molecule has 0 aliphatic carbocycles. The van der Waals surface area contributed by atoms with Crippen molar-refractivity contribution in [1.29, 1.82) is 0 Å². The number of aryl methyl sites for hydroxylation is 1. The quantitative estimate of drug-likeness (QED) is 0.900. The number of nitrogens with zero attached hydrogens (tertiary/aromatic N) is 2. The number of nitrogens with one attached hydrogen (secondary N) is 1. The van der Waals surface area contributed by atoms with Gasteiger partial charge >= 0.3 is 0 Å². The standard InChI is InChI=1S/C12H12BrN3O2S.C2H6/c1-16-7-8(13)5-10(12(16)17)15-11-4-3-9(6-14-11)19(2)18;1-2/h3-7H,1-2H3,(H,14,15);1-2H3. The van der Waals surface area contributed by atoms with E-state index in [1.54, 1.807) is 37.7 Å². The van der Waals surface area contributed by atoms with Gasteiger partial charge in [-0.2, -0.15) is 0 Å². The van der Waals surface area contributed by atoms with Crippen molar-refractivity contribution in [1.82, 2.24) is 9.55 Å². The first-order valence-corrected chi connectivity index (χ1v) is 8.75. The molecule has 1 atom stereocenters. The first-order valence-electron chi connectivity index (χ1n) is 6.40. The smallest absolute Gasteiger partial charge is 0.274 e. The zero-order valence-electron chi connectivity index (χ0n) is 12.4. The minimum Gasteiger partial charge on any atom is -0.336 e. The summed E-state index contributed by atoms with van der Waals surface area (Å²) in [4.78, 5) is 16.7. The van der Waals surface area contributed by atoms with Crippen LogP contribution in [-0.4, -0.2) is 20.0 Å². The molecular weight excluding hydrogens is 354 g/mol. The van der Waals surface area contributed by atoms with Gasteiger partial charge in [-0.05, 0) is 34.1 Å². The van der Waals surface area contributed by atoms with E-state index in [1.807, 2.05) is 13.8 Å². The molecule has 1 unspecified atom stereocenters. The second-order valence-electron chi connectivity index (χ2n) is 3.95. The first-order chi connectivity index (χ1) is 9.97. The maximum atomic E-state index is 11.9. The van der Waals surface area contributed by atoms with Gasteiger partial charge < -0.3 is 9.88 Å². The normalized spacial score (nSPS) is 11.3. The molecule has 21 heavy (non-hydrogen) atoms. The van der Waals surface area contributed by atoms with Gasteiger partial charge in [0.25, 0.3) is 5.56 Å². The Morgan fingerprint density at radius 1 is 1.33 bits per heavy atom. The van der Waals surface area contributed by atoms with Crippen molar-refractivity contribution in [3.63, 3.8) is 0 Å². The number of halogens is 1. The predicted octanol–water partition coefficient (Wildman–Crippen LogP) is 3.05. The van der Waals surface area contributed by atoms with E-state index in [-0.39, 0.29) is 5.56 Å². The summed E-state index contributed by atoms with van der Waals surface area (Å²) in [5.41, 5.74) is 0.280. The van der Waals surface area contributed by atoms with Gasteiger partial charge in [0, 0.05) is 30.2 Å². The summed E-state index contributed by atoms with van der Waals surface area (Å²) in [5.74, 6) is 0.532. The Hall–Kier alpha value is -1.47. The highest BCUT2D eigenvalue weighted by Crippen LogP contribution is 2.16. The molecule has 0 amide bonds. The largest absolute Gasteiger partial charge is 0.336 e. The topological polar surface area (TPSA) is 64.0 Å². The fraction of sp³-hybridized carbons (Fsp3) is 0.286. The Morgan fingerprint density at radius 3 is 2.52 bits per heavy atom. The van der Waals surface area contributed by atoms with E-state index in [2.05, 4.69) is 26.2 Å². The molecule has 0 saturated carbocycles. The Bertz CT molecular complexity index is 684. The zero-order valence-corrected chi connectivity index (χ0v) is 14.8. The molecule has 114 valence electrons. The third kappa shape index (κ3) is 4.78. The maximum absolute atomic E-state index is 11.9. The molecule has 1 N–H and O–H groups in total. The monoisotopic (exact) mass is 371 g/mol. The average Bonchev–Trinajstić information content (AvgIpc) is 2.47. The molecule has 0 saturated heterocycles. The molecule has 0 bridgehead atoms. The van der Waals surface area contributed by atoms with E-state index in [0.717, 1.165) is 4.47 Å². The molecule has 0 radical (unpaired) electrons. The van der Waals surface area contributed by atoms with Crippen LogP contribution in [0.2, 0.25) is 0 Å². The van der Waals surface area contributed by atoms with Crippen LogP contribution in [0, 0.1) is 0 Å². The first kappa shape index (κ1) is 17.6. The van der Waals surface area contributed by atoms with Crippen LogP contribution in [-0.2, 0) is 17.8 Å². The van der Waals surface area contributed by atoms with Crippen molar-refractivity contribution >= 4 is 38.2 Å². The third-order valence-electron chi connectivity index (χ3n) is 2.48. The Morgan fingerprint density at radius 2 is 2.00 bits per heavy atom. The molecule has 2 rings (SSSR count). The van der Waals surface area contributed by atoms with Crippen molar-refractivity contribution in [3.05, 3.63) is 45.4 Å². The Labute approximate surface area is 135 Å². The van der Waals surface area contributed by atoms with Gasteiger partial charge in [0.2, 0.25) is 0 Å². The highest BCUT2D eigenvalue weighted by molar-refractivity contribution is 9.10. The molecule has 2 aromatic heterocycles. The van der Waals surface area contributed by atoms with Crippen LogP contribution in [0.15, 0.2) is 44.8 Å². The lowest BCUT2D eigenvalue weighted by Crippen LogP contribution is -2.19. The number of pyridine rings is 2. The number of rotatable bonds is 3. The Balaban J connectivity index is 0.00000106. The molecule has 2 heterocycles. The fourth-order valence-electron chi connectivity index (χ4n) is 1.52. The van der Waals surface area contributed by atoms with Crippen LogP contribution in [0.25, 0.3) is 0 Å². The van der Waals surface area contributed by atoms with Crippen molar-refractivity contribution < 1.29 is 4.21 Å². The lowest BCUT2D eigenvalue weighted by Gasteiger charge is -2.07. The van der Waals surface area contributed by atoms with E-state index in [9.17, 15) is 9.00 Å². The van der Waals surface area contributed by atoms with E-state index in [0.29, 0.717) is 16.4 Å². The van der Waals surface area contributed by atoms with Crippen LogP contribution in [0.3, 0.4) is 0 Å². The van der Waals surface area contributed by atoms with Gasteiger partial charge in [-0.3, -0.25) is 9.00 Å². The van der Waals surface area contributed by atoms with Crippen LogP contribution < -0.4 is 10.9 Å². The third-order valence-corrected chi connectivity index (χ3v) is 3.82. The minimum atomic E-state index is -1.06. The van der Waals surface area contributed by atoms with Crippen molar-refractivity contribution in [3.8, 4) is 0 Å². The Kier molecular flexibility index (Phi) is 6.77. The van der Waals surface area contributed by atoms with Gasteiger partial charge in [-0.25, -0.2) is 4.98 Å². The van der Waals surface area contributed by atoms with Gasteiger partial charge in [-0.15, -0.1) is 0 Å². The molecule has 0 aliphatic rings. The molecule has 5 nitrogen and oxygen atoms in total. The second kappa shape index (κ2) is 8.09. The zero-order chi connectivity index (χ0) is 16.0. The van der Waals surface area contributed by atoms with Gasteiger partial charge in [-0.1, -0.05) is 13.8 Å². The SMILES string of the molecule is CC.Cn1cc(Br)cc(Nc2ccc(S(C)=O)cn2)c1=O. The van der Waals surface area contributed by atoms with Crippen LogP contribution in [0.1, 0.15) is 13.8 Å². The van der Waals surface area contributed by atoms with Crippen LogP contribution in [0.4, 0.5) is 11.5 Å². The summed E-state index contributed by atoms with van der Waals surface area (Å²) in [6.45, 7) is 4.00. The van der Waals surface area contributed by atoms with E-state index >= 15 is 0 Å². The predicted molar refractivity (Wildman–Crippen MR) is 90.6 cm³/mol. The molecule has 7 heteroatoms. The number of aromatic nitrogens is 2. The van der Waals surface area contributed by atoms with Gasteiger partial charge in [0.15, 0.2) is 0 Å². The summed E-state index contributed by atoms with van der Waals surface area (Å²) in [6, 6.07) is 5.10. The van der Waals surface area contributed by atoms with E-state index in [4.69, 9.17) is 0 Å². The molecule has 2 aromatic rings. The summed E-state index contributed by atoms with van der Waals surface area (Å²) in [6.07, 6.45) is 4.80. The average molecular weight is 372 g/mol. The van der Waals surface area contributed by atoms with E-state index in [1.165, 1.54) is 10.8 Å². The number of anilines is 2. The van der Waals surface area contributed by atoms with Gasteiger partial charge in [0.1, 0.15) is 11.5 Å². The summed E-state index contributed by atoms with van der Waals surface area (Å²) >= 11 is 3.33. The van der Waals surface area contributed by atoms with E-state index < -0.39 is 10.8 Å². The van der Waals surface area contributed by atoms with Crippen molar-refractivity contribution in [2.45, 2.75) is 18.7 Å². The number of hydrogen-bond donors (Lipinski definition) is 1. The van der Waals surface area contributed by atoms with Crippen LogP contribution in [0.5, 0.6) is 0 Å². The molecular formula is C14H18BrN3O2S. The fourth-order valence-corrected chi connectivity index (χ4v) is 2.52. The molecule has 0 spiro atoms. The van der Waals surface area contributed by atoms with Crippen LogP contribution >= 0.6 is 15.9 Å². The summed E-state index contributed by atoms with van der Waals surface area (Å²) < 4.78 is 13.5. The lowest BCUT2D eigenvalue weighted by atomic mass is 10.4. The second-order valence-corrected chi connectivity index (χ2v) is 6.24. The lowest BCUT2D eigenvalue weighted by molar-refractivity contribution is 0.686. The van der Waals surface area contributed by atoms with Gasteiger partial charge in [0.05, 0.1) is 15.7 Å². The molecule has 0 aliphatic heterocycles. The van der Waals surface area contributed by atoms with Crippen molar-refractivity contribution in [2.24, 2.45) is 7.05 Å². The molecule has 0 fully saturated rings. The summed E-state index contributed by atoms with van der Waals surface area (Å²) in [7, 11) is 0.617. The maximum Gasteiger partial charge on any atom is 0.274 e. The number of hydrogen-bond acceptors (Lipinski definition) is 4. The molecule has 0 aromatic carbocycles. The summed E-state index contributed by atoms with van der Waals surface area (Å²) in [5, 5.41) is 2.95. The van der Waals surface area contributed by atoms with Crippen molar-refractivity contribution in [2.75, 3.05) is 11.6 Å². The highest BCUT2D eigenvalue weighted by atomic mass is 79.9. The highest BCUT2D eigenvalue weighted by Gasteiger charge is 2.05. The minimum absolute atomic E-state index is 0.145.